The second-order valence-corrected chi connectivity index (χ2v) is 4.23. The molecule has 0 radical (unpaired) electrons. The summed E-state index contributed by atoms with van der Waals surface area (Å²) in [5, 5.41) is 3.28. The largest absolute Gasteiger partial charge is 0.312 e. The molecule has 0 fully saturated rings. The highest BCUT2D eigenvalue weighted by atomic mass is 32.2. The van der Waals surface area contributed by atoms with Gasteiger partial charge in [-0.05, 0) is 36.4 Å². The van der Waals surface area contributed by atoms with E-state index in [1.807, 2.05) is 24.8 Å². The van der Waals surface area contributed by atoms with Crippen molar-refractivity contribution in [3.63, 3.8) is 0 Å². The molecule has 78 valence electrons. The molecule has 0 aliphatic carbocycles. The highest BCUT2D eigenvalue weighted by Gasteiger charge is 1.99. The van der Waals surface area contributed by atoms with Gasteiger partial charge in [-0.25, -0.2) is 4.39 Å². The zero-order valence-electron chi connectivity index (χ0n) is 8.64. The van der Waals surface area contributed by atoms with Crippen LogP contribution in [-0.2, 0) is 6.54 Å². The monoisotopic (exact) mass is 213 g/mol. The molecule has 0 spiro atoms. The van der Waals surface area contributed by atoms with Crippen LogP contribution in [0, 0.1) is 12.7 Å². The van der Waals surface area contributed by atoms with E-state index in [0.29, 0.717) is 0 Å². The third-order valence-electron chi connectivity index (χ3n) is 2.11. The van der Waals surface area contributed by atoms with Gasteiger partial charge in [-0.2, -0.15) is 11.8 Å². The van der Waals surface area contributed by atoms with Crippen LogP contribution in [0.3, 0.4) is 0 Å². The quantitative estimate of drug-likeness (QED) is 0.754. The van der Waals surface area contributed by atoms with Gasteiger partial charge in [-0.1, -0.05) is 6.07 Å². The van der Waals surface area contributed by atoms with E-state index in [9.17, 15) is 4.39 Å². The number of hydrogen-bond acceptors (Lipinski definition) is 2. The molecular weight excluding hydrogens is 197 g/mol. The molecule has 0 unspecified atom stereocenters. The van der Waals surface area contributed by atoms with Gasteiger partial charge in [-0.15, -0.1) is 0 Å². The van der Waals surface area contributed by atoms with Crippen LogP contribution in [0.4, 0.5) is 4.39 Å². The first kappa shape index (κ1) is 11.5. The van der Waals surface area contributed by atoms with Crippen molar-refractivity contribution in [1.29, 1.82) is 0 Å². The van der Waals surface area contributed by atoms with Gasteiger partial charge in [0.05, 0.1) is 0 Å². The van der Waals surface area contributed by atoms with Crippen LogP contribution in [0.15, 0.2) is 18.2 Å². The minimum Gasteiger partial charge on any atom is -0.312 e. The molecule has 1 aromatic carbocycles. The maximum atomic E-state index is 12.9. The number of rotatable bonds is 5. The number of thioether (sulfide) groups is 1. The fraction of sp³-hybridized carbons (Fsp3) is 0.455. The molecule has 0 aliphatic heterocycles. The summed E-state index contributed by atoms with van der Waals surface area (Å²) in [5.74, 6) is 0.936. The van der Waals surface area contributed by atoms with Crippen molar-refractivity contribution in [1.82, 2.24) is 5.32 Å². The molecule has 0 atom stereocenters. The number of nitrogens with one attached hydrogen (secondary N) is 1. The van der Waals surface area contributed by atoms with Crippen LogP contribution in [-0.4, -0.2) is 18.6 Å². The number of hydrogen-bond donors (Lipinski definition) is 1. The first-order valence-corrected chi connectivity index (χ1v) is 6.08. The third-order valence-corrected chi connectivity index (χ3v) is 2.72. The Kier molecular flexibility index (Phi) is 4.98. The highest BCUT2D eigenvalue weighted by Crippen LogP contribution is 2.09. The van der Waals surface area contributed by atoms with Crippen molar-refractivity contribution < 1.29 is 4.39 Å². The summed E-state index contributed by atoms with van der Waals surface area (Å²) >= 11 is 1.81. The lowest BCUT2D eigenvalue weighted by molar-refractivity contribution is 0.621. The summed E-state index contributed by atoms with van der Waals surface area (Å²) in [6.07, 6.45) is 2.08. The molecule has 0 amide bonds. The van der Waals surface area contributed by atoms with Gasteiger partial charge in [-0.3, -0.25) is 0 Å². The molecule has 14 heavy (non-hydrogen) atoms. The molecule has 1 N–H and O–H groups in total. The van der Waals surface area contributed by atoms with E-state index < -0.39 is 0 Å². The molecule has 0 saturated heterocycles. The Bertz CT molecular complexity index is 289. The van der Waals surface area contributed by atoms with Gasteiger partial charge in [0.15, 0.2) is 0 Å². The number of benzene rings is 1. The van der Waals surface area contributed by atoms with Crippen molar-refractivity contribution in [2.75, 3.05) is 18.6 Å². The molecular formula is C11H16FNS. The van der Waals surface area contributed by atoms with Crippen LogP contribution in [0.2, 0.25) is 0 Å². The van der Waals surface area contributed by atoms with Crippen molar-refractivity contribution in [2.45, 2.75) is 13.5 Å². The lowest BCUT2D eigenvalue weighted by Gasteiger charge is -2.07. The zero-order valence-corrected chi connectivity index (χ0v) is 9.46. The molecule has 0 saturated carbocycles. The van der Waals surface area contributed by atoms with Crippen LogP contribution >= 0.6 is 11.8 Å². The Hall–Kier alpha value is -0.540. The van der Waals surface area contributed by atoms with Gasteiger partial charge < -0.3 is 5.32 Å². The predicted octanol–water partition coefficient (Wildman–Crippen LogP) is 2.59. The van der Waals surface area contributed by atoms with Crippen molar-refractivity contribution in [3.8, 4) is 0 Å². The summed E-state index contributed by atoms with van der Waals surface area (Å²) in [6, 6.07) is 4.92. The first-order valence-electron chi connectivity index (χ1n) is 4.68. The standard InChI is InChI=1S/C11H16FNS/c1-9-3-4-11(12)7-10(9)8-13-5-6-14-2/h3-4,7,13H,5-6,8H2,1-2H3. The molecule has 1 rings (SSSR count). The average molecular weight is 213 g/mol. The number of aryl methyl sites for hydroxylation is 1. The Morgan fingerprint density at radius 2 is 2.21 bits per heavy atom. The van der Waals surface area contributed by atoms with E-state index in [-0.39, 0.29) is 5.82 Å². The van der Waals surface area contributed by atoms with E-state index in [1.54, 1.807) is 6.07 Å². The first-order chi connectivity index (χ1) is 6.74. The summed E-state index contributed by atoms with van der Waals surface area (Å²) in [4.78, 5) is 0. The molecule has 3 heteroatoms. The highest BCUT2D eigenvalue weighted by molar-refractivity contribution is 7.98. The SMILES string of the molecule is CSCCNCc1cc(F)ccc1C. The summed E-state index contributed by atoms with van der Waals surface area (Å²) in [7, 11) is 0. The lowest BCUT2D eigenvalue weighted by Crippen LogP contribution is -2.17. The topological polar surface area (TPSA) is 12.0 Å². The molecule has 0 heterocycles. The minimum atomic E-state index is -0.155. The second-order valence-electron chi connectivity index (χ2n) is 3.24. The lowest BCUT2D eigenvalue weighted by atomic mass is 10.1. The van der Waals surface area contributed by atoms with Crippen LogP contribution in [0.1, 0.15) is 11.1 Å². The van der Waals surface area contributed by atoms with Crippen molar-refractivity contribution >= 4 is 11.8 Å². The summed E-state index contributed by atoms with van der Waals surface area (Å²) in [5.41, 5.74) is 2.19. The second kappa shape index (κ2) is 6.04. The summed E-state index contributed by atoms with van der Waals surface area (Å²) < 4.78 is 12.9. The summed E-state index contributed by atoms with van der Waals surface area (Å²) in [6.45, 7) is 3.73. The zero-order chi connectivity index (χ0) is 10.4. The molecule has 1 nitrogen and oxygen atoms in total. The molecule has 0 bridgehead atoms. The van der Waals surface area contributed by atoms with Gasteiger partial charge in [0.2, 0.25) is 0 Å². The van der Waals surface area contributed by atoms with Crippen LogP contribution in [0.25, 0.3) is 0 Å². The molecule has 0 aromatic heterocycles. The Morgan fingerprint density at radius 1 is 1.43 bits per heavy atom. The maximum Gasteiger partial charge on any atom is 0.123 e. The van der Waals surface area contributed by atoms with E-state index in [0.717, 1.165) is 30.0 Å². The van der Waals surface area contributed by atoms with E-state index in [4.69, 9.17) is 0 Å². The fourth-order valence-electron chi connectivity index (χ4n) is 1.23. The van der Waals surface area contributed by atoms with Crippen molar-refractivity contribution in [3.05, 3.63) is 35.1 Å². The Labute approximate surface area is 89.1 Å². The van der Waals surface area contributed by atoms with Crippen LogP contribution in [0.5, 0.6) is 0 Å². The van der Waals surface area contributed by atoms with Crippen LogP contribution < -0.4 is 5.32 Å². The average Bonchev–Trinajstić information content (AvgIpc) is 2.18. The fourth-order valence-corrected chi connectivity index (χ4v) is 1.58. The number of halogens is 1. The van der Waals surface area contributed by atoms with Gasteiger partial charge in [0.25, 0.3) is 0 Å². The van der Waals surface area contributed by atoms with E-state index >= 15 is 0 Å². The van der Waals surface area contributed by atoms with Gasteiger partial charge in [0, 0.05) is 18.8 Å². The smallest absolute Gasteiger partial charge is 0.123 e. The van der Waals surface area contributed by atoms with E-state index in [2.05, 4.69) is 11.6 Å². The predicted molar refractivity (Wildman–Crippen MR) is 61.2 cm³/mol. The Balaban J connectivity index is 2.45. The minimum absolute atomic E-state index is 0.155. The van der Waals surface area contributed by atoms with Gasteiger partial charge in [0.1, 0.15) is 5.82 Å². The van der Waals surface area contributed by atoms with E-state index in [1.165, 1.54) is 6.07 Å². The Morgan fingerprint density at radius 3 is 2.93 bits per heavy atom. The molecule has 0 aliphatic rings. The molecule has 1 aromatic rings. The van der Waals surface area contributed by atoms with Crippen molar-refractivity contribution in [2.24, 2.45) is 0 Å². The maximum absolute atomic E-state index is 12.9. The van der Waals surface area contributed by atoms with Gasteiger partial charge >= 0.3 is 0 Å². The third kappa shape index (κ3) is 3.68. The normalized spacial score (nSPS) is 10.5.